The van der Waals surface area contributed by atoms with Gasteiger partial charge in [-0.3, -0.25) is 14.2 Å². The quantitative estimate of drug-likeness (QED) is 0.314. The number of benzene rings is 1. The van der Waals surface area contributed by atoms with Crippen molar-refractivity contribution in [1.82, 2.24) is 14.5 Å². The molecule has 2 N–H and O–H groups in total. The van der Waals surface area contributed by atoms with Gasteiger partial charge in [-0.05, 0) is 49.6 Å². The van der Waals surface area contributed by atoms with Crippen LogP contribution in [0.15, 0.2) is 40.3 Å². The molecule has 164 valence electrons. The molecular formula is C22H26N4O4S. The first-order valence-corrected chi connectivity index (χ1v) is 11.0. The maximum atomic E-state index is 13.0. The molecule has 0 radical (unpaired) electrons. The zero-order chi connectivity index (χ0) is 22.5. The molecule has 1 amide bonds. The van der Waals surface area contributed by atoms with E-state index < -0.39 is 5.97 Å². The van der Waals surface area contributed by atoms with Crippen molar-refractivity contribution in [2.24, 2.45) is 5.92 Å². The van der Waals surface area contributed by atoms with Gasteiger partial charge in [-0.15, -0.1) is 0 Å². The highest BCUT2D eigenvalue weighted by atomic mass is 32.2. The molecule has 0 unspecified atom stereocenters. The summed E-state index contributed by atoms with van der Waals surface area (Å²) in [6, 6.07) is 8.28. The Hall–Kier alpha value is -3.07. The van der Waals surface area contributed by atoms with E-state index in [0.717, 1.165) is 12.1 Å². The highest BCUT2D eigenvalue weighted by Crippen LogP contribution is 2.20. The van der Waals surface area contributed by atoms with Gasteiger partial charge in [0.2, 0.25) is 5.91 Å². The number of amides is 1. The molecule has 2 heterocycles. The second-order valence-electron chi connectivity index (χ2n) is 7.65. The maximum absolute atomic E-state index is 13.0. The number of hydrogen-bond donors (Lipinski definition) is 2. The van der Waals surface area contributed by atoms with Gasteiger partial charge in [0.05, 0.1) is 23.9 Å². The van der Waals surface area contributed by atoms with Crippen LogP contribution in [0.3, 0.4) is 0 Å². The van der Waals surface area contributed by atoms with Crippen molar-refractivity contribution in [1.29, 1.82) is 0 Å². The number of hydrogen-bond acceptors (Lipinski definition) is 6. The molecular weight excluding hydrogens is 416 g/mol. The number of nitrogens with one attached hydrogen (secondary N) is 2. The molecule has 0 aliphatic carbocycles. The van der Waals surface area contributed by atoms with Crippen molar-refractivity contribution in [3.63, 3.8) is 0 Å². The van der Waals surface area contributed by atoms with Gasteiger partial charge in [-0.25, -0.2) is 9.78 Å². The molecule has 0 saturated carbocycles. The van der Waals surface area contributed by atoms with Gasteiger partial charge in [0, 0.05) is 17.9 Å². The molecule has 0 fully saturated rings. The number of aryl methyl sites for hydroxylation is 1. The third-order valence-corrected chi connectivity index (χ3v) is 5.67. The van der Waals surface area contributed by atoms with E-state index in [0.29, 0.717) is 39.9 Å². The summed E-state index contributed by atoms with van der Waals surface area (Å²) in [5, 5.41) is 3.31. The number of nitrogens with zero attached hydrogens (tertiary/aromatic N) is 2. The summed E-state index contributed by atoms with van der Waals surface area (Å²) in [5.74, 6) is -0.135. The number of rotatable bonds is 8. The molecule has 1 aromatic carbocycles. The lowest BCUT2D eigenvalue weighted by molar-refractivity contribution is -0.113. The largest absolute Gasteiger partial charge is 0.465 e. The van der Waals surface area contributed by atoms with E-state index in [4.69, 9.17) is 0 Å². The van der Waals surface area contributed by atoms with Crippen molar-refractivity contribution in [2.45, 2.75) is 38.9 Å². The van der Waals surface area contributed by atoms with Crippen molar-refractivity contribution in [3.05, 3.63) is 51.9 Å². The third-order valence-electron chi connectivity index (χ3n) is 4.69. The molecule has 0 spiro atoms. The molecule has 0 aliphatic heterocycles. The SMILES string of the molecule is COC(=O)c1ccc(NC(=O)CSc2nc3cc(C)[nH]c3c(=O)n2CCC(C)C)cc1. The molecule has 0 bridgehead atoms. The van der Waals surface area contributed by atoms with Gasteiger partial charge >= 0.3 is 5.97 Å². The predicted octanol–water partition coefficient (Wildman–Crippen LogP) is 3.60. The number of carbonyl (C=O) groups is 2. The number of aromatic nitrogens is 3. The van der Waals surface area contributed by atoms with Crippen LogP contribution >= 0.6 is 11.8 Å². The third kappa shape index (κ3) is 5.55. The van der Waals surface area contributed by atoms with Crippen LogP contribution in [0.25, 0.3) is 11.0 Å². The number of fused-ring (bicyclic) bond motifs is 1. The van der Waals surface area contributed by atoms with E-state index in [2.05, 4.69) is 33.9 Å². The number of H-pyrrole nitrogens is 1. The smallest absolute Gasteiger partial charge is 0.337 e. The average Bonchev–Trinajstić information content (AvgIpc) is 3.12. The molecule has 31 heavy (non-hydrogen) atoms. The Morgan fingerprint density at radius 1 is 1.26 bits per heavy atom. The topological polar surface area (TPSA) is 106 Å². The molecule has 8 nitrogen and oxygen atoms in total. The lowest BCUT2D eigenvalue weighted by Crippen LogP contribution is -2.25. The van der Waals surface area contributed by atoms with E-state index in [1.54, 1.807) is 28.8 Å². The van der Waals surface area contributed by atoms with Crippen LogP contribution in [0.2, 0.25) is 0 Å². The molecule has 3 rings (SSSR count). The number of ether oxygens (including phenoxy) is 1. The zero-order valence-corrected chi connectivity index (χ0v) is 18.8. The second-order valence-corrected chi connectivity index (χ2v) is 8.59. The summed E-state index contributed by atoms with van der Waals surface area (Å²) >= 11 is 1.23. The van der Waals surface area contributed by atoms with Crippen LogP contribution in [0.1, 0.15) is 36.3 Å². The standard InChI is InChI=1S/C22H26N4O4S/c1-13(2)9-10-26-20(28)19-17(11-14(3)23-19)25-22(26)31-12-18(27)24-16-7-5-15(6-8-16)21(29)30-4/h5-8,11,13,23H,9-10,12H2,1-4H3,(H,24,27). The number of aromatic amines is 1. The molecule has 0 aliphatic rings. The maximum Gasteiger partial charge on any atom is 0.337 e. The normalized spacial score (nSPS) is 11.1. The number of carbonyl (C=O) groups excluding carboxylic acids is 2. The second kappa shape index (κ2) is 9.82. The van der Waals surface area contributed by atoms with Gasteiger partial charge in [-0.2, -0.15) is 0 Å². The Kier molecular flexibility index (Phi) is 7.17. The zero-order valence-electron chi connectivity index (χ0n) is 18.0. The summed E-state index contributed by atoms with van der Waals surface area (Å²) in [6.07, 6.45) is 0.832. The first-order chi connectivity index (χ1) is 14.8. The van der Waals surface area contributed by atoms with Crippen LogP contribution < -0.4 is 10.9 Å². The Labute approximate surface area is 184 Å². The van der Waals surface area contributed by atoms with Crippen molar-refractivity contribution in [3.8, 4) is 0 Å². The van der Waals surface area contributed by atoms with Crippen molar-refractivity contribution in [2.75, 3.05) is 18.2 Å². The lowest BCUT2D eigenvalue weighted by Gasteiger charge is -2.13. The first kappa shape index (κ1) is 22.6. The Morgan fingerprint density at radius 2 is 1.97 bits per heavy atom. The first-order valence-electron chi connectivity index (χ1n) is 9.99. The van der Waals surface area contributed by atoms with E-state index >= 15 is 0 Å². The van der Waals surface area contributed by atoms with Crippen LogP contribution in [0, 0.1) is 12.8 Å². The fourth-order valence-electron chi connectivity index (χ4n) is 3.04. The van der Waals surface area contributed by atoms with Crippen molar-refractivity contribution >= 4 is 40.4 Å². The fourth-order valence-corrected chi connectivity index (χ4v) is 3.87. The molecule has 0 saturated heterocycles. The number of anilines is 1. The minimum Gasteiger partial charge on any atom is -0.465 e. The molecule has 3 aromatic rings. The van der Waals surface area contributed by atoms with Crippen LogP contribution in [-0.4, -0.2) is 39.3 Å². The molecule has 9 heteroatoms. The minimum absolute atomic E-state index is 0.0990. The van der Waals surface area contributed by atoms with E-state index in [1.807, 2.05) is 13.0 Å². The number of esters is 1. The van der Waals surface area contributed by atoms with Crippen LogP contribution in [-0.2, 0) is 16.1 Å². The van der Waals surface area contributed by atoms with Crippen LogP contribution in [0.5, 0.6) is 0 Å². The van der Waals surface area contributed by atoms with Crippen LogP contribution in [0.4, 0.5) is 5.69 Å². The Balaban J connectivity index is 1.74. The number of thioether (sulfide) groups is 1. The summed E-state index contributed by atoms with van der Waals surface area (Å²) in [6.45, 7) is 6.62. The van der Waals surface area contributed by atoms with Crippen molar-refractivity contribution < 1.29 is 14.3 Å². The summed E-state index contributed by atoms with van der Waals surface area (Å²) in [5.41, 5.74) is 2.80. The van der Waals surface area contributed by atoms with E-state index in [1.165, 1.54) is 18.9 Å². The lowest BCUT2D eigenvalue weighted by atomic mass is 10.1. The monoisotopic (exact) mass is 442 g/mol. The van der Waals surface area contributed by atoms with Gasteiger partial charge in [0.15, 0.2) is 5.16 Å². The fraction of sp³-hybridized carbons (Fsp3) is 0.364. The molecule has 2 aromatic heterocycles. The summed E-state index contributed by atoms with van der Waals surface area (Å²) in [7, 11) is 1.32. The number of methoxy groups -OCH3 is 1. The molecule has 0 atom stereocenters. The van der Waals surface area contributed by atoms with Gasteiger partial charge in [0.1, 0.15) is 5.52 Å². The summed E-state index contributed by atoms with van der Waals surface area (Å²) < 4.78 is 6.31. The highest BCUT2D eigenvalue weighted by molar-refractivity contribution is 7.99. The highest BCUT2D eigenvalue weighted by Gasteiger charge is 2.15. The van der Waals surface area contributed by atoms with E-state index in [9.17, 15) is 14.4 Å². The Bertz CT molecular complexity index is 1150. The minimum atomic E-state index is -0.436. The average molecular weight is 443 g/mol. The van der Waals surface area contributed by atoms with E-state index in [-0.39, 0.29) is 17.2 Å². The Morgan fingerprint density at radius 3 is 2.61 bits per heavy atom. The van der Waals surface area contributed by atoms with Gasteiger partial charge < -0.3 is 15.0 Å². The predicted molar refractivity (Wildman–Crippen MR) is 122 cm³/mol. The van der Waals surface area contributed by atoms with Gasteiger partial charge in [0.25, 0.3) is 5.56 Å². The summed E-state index contributed by atoms with van der Waals surface area (Å²) in [4.78, 5) is 44.6. The van der Waals surface area contributed by atoms with Gasteiger partial charge in [-0.1, -0.05) is 25.6 Å².